The van der Waals surface area contributed by atoms with Crippen LogP contribution in [0.4, 0.5) is 10.6 Å². The van der Waals surface area contributed by atoms with Gasteiger partial charge >= 0.3 is 12.0 Å². The van der Waals surface area contributed by atoms with E-state index in [-0.39, 0.29) is 12.6 Å². The summed E-state index contributed by atoms with van der Waals surface area (Å²) in [6.07, 6.45) is 4.85. The number of urea groups is 1. The maximum atomic E-state index is 12.9. The third-order valence-electron chi connectivity index (χ3n) is 6.04. The predicted molar refractivity (Wildman–Crippen MR) is 122 cm³/mol. The Morgan fingerprint density at radius 2 is 2.09 bits per heavy atom. The number of nitrogens with zero attached hydrogens (tertiary/aromatic N) is 6. The molecule has 5 rings (SSSR count). The van der Waals surface area contributed by atoms with Crippen LogP contribution in [-0.4, -0.2) is 76.0 Å². The number of aromatic nitrogens is 4. The SMILES string of the molecule is CCOC(=O)C1=C(CN2CCN(c3ncnc4c3cnn4C)CC2)NC(=O)NC1c1ccco1. The largest absolute Gasteiger partial charge is 0.467 e. The second-order valence-corrected chi connectivity index (χ2v) is 8.13. The van der Waals surface area contributed by atoms with E-state index in [0.717, 1.165) is 43.0 Å². The number of anilines is 1. The molecule has 1 atom stereocenters. The molecule has 1 unspecified atom stereocenters. The zero-order valence-electron chi connectivity index (χ0n) is 19.0. The summed E-state index contributed by atoms with van der Waals surface area (Å²) in [5.74, 6) is 0.853. The minimum atomic E-state index is -0.709. The van der Waals surface area contributed by atoms with Gasteiger partial charge in [0.25, 0.3) is 0 Å². The van der Waals surface area contributed by atoms with Crippen molar-refractivity contribution < 1.29 is 18.7 Å². The van der Waals surface area contributed by atoms with Crippen LogP contribution >= 0.6 is 0 Å². The number of hydrogen-bond acceptors (Lipinski definition) is 9. The first kappa shape index (κ1) is 21.9. The molecule has 0 spiro atoms. The number of rotatable bonds is 6. The van der Waals surface area contributed by atoms with Gasteiger partial charge in [-0.05, 0) is 19.1 Å². The van der Waals surface area contributed by atoms with Crippen LogP contribution in [0.5, 0.6) is 0 Å². The first-order valence-corrected chi connectivity index (χ1v) is 11.2. The van der Waals surface area contributed by atoms with Crippen LogP contribution in [0.2, 0.25) is 0 Å². The van der Waals surface area contributed by atoms with E-state index in [9.17, 15) is 9.59 Å². The Hall–Kier alpha value is -3.93. The molecule has 3 aromatic heterocycles. The van der Waals surface area contributed by atoms with Crippen molar-refractivity contribution >= 4 is 28.9 Å². The van der Waals surface area contributed by atoms with E-state index in [4.69, 9.17) is 9.15 Å². The summed E-state index contributed by atoms with van der Waals surface area (Å²) in [6.45, 7) is 5.29. The van der Waals surface area contributed by atoms with Crippen LogP contribution < -0.4 is 15.5 Å². The van der Waals surface area contributed by atoms with Crippen molar-refractivity contribution in [1.82, 2.24) is 35.3 Å². The number of nitrogens with one attached hydrogen (secondary N) is 2. The highest BCUT2D eigenvalue weighted by molar-refractivity contribution is 5.95. The molecule has 12 heteroatoms. The molecule has 0 bridgehead atoms. The van der Waals surface area contributed by atoms with Gasteiger partial charge in [0, 0.05) is 45.5 Å². The Balaban J connectivity index is 1.35. The molecule has 0 aromatic carbocycles. The number of aryl methyl sites for hydroxylation is 1. The highest BCUT2D eigenvalue weighted by atomic mass is 16.5. The smallest absolute Gasteiger partial charge is 0.338 e. The van der Waals surface area contributed by atoms with Gasteiger partial charge in [-0.1, -0.05) is 0 Å². The Kier molecular flexibility index (Phi) is 5.88. The fraction of sp³-hybridized carbons (Fsp3) is 0.409. The summed E-state index contributed by atoms with van der Waals surface area (Å²) in [6, 6.07) is 2.35. The number of hydrogen-bond donors (Lipinski definition) is 2. The molecule has 1 saturated heterocycles. The van der Waals surface area contributed by atoms with Gasteiger partial charge in [0.2, 0.25) is 0 Å². The number of esters is 1. The minimum Gasteiger partial charge on any atom is -0.467 e. The summed E-state index contributed by atoms with van der Waals surface area (Å²) in [4.78, 5) is 38.5. The van der Waals surface area contributed by atoms with Crippen molar-refractivity contribution in [3.63, 3.8) is 0 Å². The molecule has 12 nitrogen and oxygen atoms in total. The lowest BCUT2D eigenvalue weighted by molar-refractivity contribution is -0.139. The van der Waals surface area contributed by atoms with E-state index < -0.39 is 12.0 Å². The molecule has 2 amide bonds. The molecule has 2 aliphatic rings. The Morgan fingerprint density at radius 3 is 2.82 bits per heavy atom. The molecule has 0 aliphatic carbocycles. The molecule has 5 heterocycles. The quantitative estimate of drug-likeness (QED) is 0.510. The Labute approximate surface area is 195 Å². The van der Waals surface area contributed by atoms with Gasteiger partial charge in [-0.25, -0.2) is 19.6 Å². The van der Waals surface area contributed by atoms with Crippen LogP contribution in [-0.2, 0) is 16.6 Å². The fourth-order valence-electron chi connectivity index (χ4n) is 4.40. The molecule has 0 radical (unpaired) electrons. The molecular weight excluding hydrogens is 440 g/mol. The average molecular weight is 467 g/mol. The highest BCUT2D eigenvalue weighted by Gasteiger charge is 2.36. The van der Waals surface area contributed by atoms with Crippen molar-refractivity contribution in [3.05, 3.63) is 48.0 Å². The first-order chi connectivity index (χ1) is 16.5. The van der Waals surface area contributed by atoms with Crippen molar-refractivity contribution in [3.8, 4) is 0 Å². The molecule has 0 saturated carbocycles. The zero-order chi connectivity index (χ0) is 23.7. The van der Waals surface area contributed by atoms with E-state index in [1.807, 2.05) is 7.05 Å². The molecule has 2 N–H and O–H groups in total. The summed E-state index contributed by atoms with van der Waals surface area (Å²) in [5.41, 5.74) is 1.67. The van der Waals surface area contributed by atoms with Gasteiger partial charge in [0.15, 0.2) is 5.65 Å². The summed E-state index contributed by atoms with van der Waals surface area (Å²) < 4.78 is 12.5. The maximum absolute atomic E-state index is 12.9. The lowest BCUT2D eigenvalue weighted by atomic mass is 9.99. The fourth-order valence-corrected chi connectivity index (χ4v) is 4.40. The van der Waals surface area contributed by atoms with Gasteiger partial charge < -0.3 is 24.7 Å². The number of carbonyl (C=O) groups is 2. The third kappa shape index (κ3) is 4.07. The van der Waals surface area contributed by atoms with Crippen LogP contribution in [0, 0.1) is 0 Å². The number of amides is 2. The van der Waals surface area contributed by atoms with Crippen LogP contribution in [0.1, 0.15) is 18.7 Å². The van der Waals surface area contributed by atoms with Crippen molar-refractivity contribution in [1.29, 1.82) is 0 Å². The van der Waals surface area contributed by atoms with Crippen LogP contribution in [0.15, 0.2) is 46.6 Å². The topological polar surface area (TPSA) is 131 Å². The van der Waals surface area contributed by atoms with Crippen LogP contribution in [0.3, 0.4) is 0 Å². The molecule has 178 valence electrons. The second-order valence-electron chi connectivity index (χ2n) is 8.13. The predicted octanol–water partition coefficient (Wildman–Crippen LogP) is 0.950. The average Bonchev–Trinajstić information content (AvgIpc) is 3.50. The number of carbonyl (C=O) groups excluding carboxylic acids is 2. The molecular formula is C22H26N8O4. The van der Waals surface area contributed by atoms with Gasteiger partial charge in [-0.3, -0.25) is 9.58 Å². The van der Waals surface area contributed by atoms with Crippen molar-refractivity contribution in [2.45, 2.75) is 13.0 Å². The lowest BCUT2D eigenvalue weighted by Crippen LogP contribution is -2.52. The Morgan fingerprint density at radius 1 is 1.26 bits per heavy atom. The summed E-state index contributed by atoms with van der Waals surface area (Å²) >= 11 is 0. The monoisotopic (exact) mass is 466 g/mol. The van der Waals surface area contributed by atoms with Gasteiger partial charge in [0.1, 0.15) is 23.9 Å². The molecule has 3 aromatic rings. The van der Waals surface area contributed by atoms with Crippen molar-refractivity contribution in [2.24, 2.45) is 7.05 Å². The second kappa shape index (κ2) is 9.14. The lowest BCUT2D eigenvalue weighted by Gasteiger charge is -2.37. The summed E-state index contributed by atoms with van der Waals surface area (Å²) in [5, 5.41) is 10.8. The Bertz CT molecular complexity index is 1230. The van der Waals surface area contributed by atoms with Crippen LogP contribution in [0.25, 0.3) is 11.0 Å². The van der Waals surface area contributed by atoms with Gasteiger partial charge in [-0.15, -0.1) is 0 Å². The third-order valence-corrected chi connectivity index (χ3v) is 6.04. The first-order valence-electron chi connectivity index (χ1n) is 11.2. The van der Waals surface area contributed by atoms with Gasteiger partial charge in [-0.2, -0.15) is 5.10 Å². The van der Waals surface area contributed by atoms with Gasteiger partial charge in [0.05, 0.1) is 30.0 Å². The number of ether oxygens (including phenoxy) is 1. The van der Waals surface area contributed by atoms with Crippen molar-refractivity contribution in [2.75, 3.05) is 44.2 Å². The maximum Gasteiger partial charge on any atom is 0.338 e. The van der Waals surface area contributed by atoms with E-state index in [1.165, 1.54) is 6.26 Å². The number of piperazine rings is 1. The van der Waals surface area contributed by atoms with E-state index in [1.54, 1.807) is 36.3 Å². The molecule has 34 heavy (non-hydrogen) atoms. The number of furan rings is 1. The molecule has 2 aliphatic heterocycles. The highest BCUT2D eigenvalue weighted by Crippen LogP contribution is 2.29. The zero-order valence-corrected chi connectivity index (χ0v) is 19.0. The van der Waals surface area contributed by atoms with E-state index in [2.05, 4.69) is 35.5 Å². The van der Waals surface area contributed by atoms with E-state index >= 15 is 0 Å². The standard InChI is InChI=1S/C22H26N8O4/c1-3-33-21(31)17-15(26-22(32)27-18(17)16-5-4-10-34-16)12-29-6-8-30(9-7-29)20-14-11-25-28(2)19(14)23-13-24-20/h4-5,10-11,13,18H,3,6-9,12H2,1-2H3,(H2,26,27,32). The minimum absolute atomic E-state index is 0.231. The summed E-state index contributed by atoms with van der Waals surface area (Å²) in [7, 11) is 1.86. The number of fused-ring (bicyclic) bond motifs is 1. The normalized spacial score (nSPS) is 19.3. The molecule has 1 fully saturated rings. The van der Waals surface area contributed by atoms with E-state index in [0.29, 0.717) is 23.6 Å².